The number of carbonyl (C=O) groups excluding carboxylic acids is 2. The molecule has 0 bridgehead atoms. The summed E-state index contributed by atoms with van der Waals surface area (Å²) >= 11 is 1.44. The predicted octanol–water partition coefficient (Wildman–Crippen LogP) is 5.18. The first-order valence-corrected chi connectivity index (χ1v) is 10.5. The highest BCUT2D eigenvalue weighted by Crippen LogP contribution is 2.25. The second kappa shape index (κ2) is 10.4. The van der Waals surface area contributed by atoms with E-state index in [1.54, 1.807) is 24.3 Å². The van der Waals surface area contributed by atoms with Gasteiger partial charge in [-0.3, -0.25) is 4.79 Å². The topological polar surface area (TPSA) is 64.6 Å². The molecule has 3 rings (SSSR count). The lowest BCUT2D eigenvalue weighted by Gasteiger charge is -2.12. The molecule has 0 aliphatic rings. The molecule has 30 heavy (non-hydrogen) atoms. The van der Waals surface area contributed by atoms with E-state index in [0.717, 1.165) is 16.0 Å². The summed E-state index contributed by atoms with van der Waals surface area (Å²) in [6.45, 7) is 3.95. The summed E-state index contributed by atoms with van der Waals surface area (Å²) in [6.07, 6.45) is 1.78. The van der Waals surface area contributed by atoms with Gasteiger partial charge in [0.05, 0.1) is 17.9 Å². The summed E-state index contributed by atoms with van der Waals surface area (Å²) in [7, 11) is 0. The Morgan fingerprint density at radius 2 is 1.90 bits per heavy atom. The molecule has 3 aromatic rings. The number of amides is 1. The monoisotopic (exact) mass is 421 g/mol. The largest absolute Gasteiger partial charge is 0.492 e. The zero-order chi connectivity index (χ0) is 21.3. The van der Waals surface area contributed by atoms with Crippen molar-refractivity contribution in [2.24, 2.45) is 0 Å². The van der Waals surface area contributed by atoms with Crippen molar-refractivity contribution < 1.29 is 19.1 Å². The number of thiophene rings is 1. The lowest BCUT2D eigenvalue weighted by molar-refractivity contribution is -0.141. The van der Waals surface area contributed by atoms with Crippen molar-refractivity contribution in [3.8, 4) is 5.75 Å². The van der Waals surface area contributed by atoms with Crippen molar-refractivity contribution >= 4 is 40.5 Å². The maximum absolute atomic E-state index is 12.8. The van der Waals surface area contributed by atoms with E-state index in [1.807, 2.05) is 61.7 Å². The van der Waals surface area contributed by atoms with Gasteiger partial charge in [-0.25, -0.2) is 4.79 Å². The Balaban J connectivity index is 1.70. The molecule has 0 spiro atoms. The minimum Gasteiger partial charge on any atom is -0.492 e. The number of ether oxygens (including phenoxy) is 2. The fourth-order valence-electron chi connectivity index (χ4n) is 2.84. The minimum atomic E-state index is -0.549. The van der Waals surface area contributed by atoms with E-state index in [0.29, 0.717) is 23.6 Å². The van der Waals surface area contributed by atoms with Gasteiger partial charge in [-0.1, -0.05) is 48.0 Å². The Morgan fingerprint density at radius 1 is 1.07 bits per heavy atom. The van der Waals surface area contributed by atoms with Gasteiger partial charge in [-0.05, 0) is 49.1 Å². The van der Waals surface area contributed by atoms with Gasteiger partial charge in [-0.15, -0.1) is 11.3 Å². The SMILES string of the molecule is CCOc1ccccc1NC(=O)COC(=O)/C(=C/c1cccc(C)c1)c1cccs1. The van der Waals surface area contributed by atoms with Crippen molar-refractivity contribution in [1.82, 2.24) is 0 Å². The van der Waals surface area contributed by atoms with Gasteiger partial charge in [0.2, 0.25) is 0 Å². The number of esters is 1. The molecular formula is C24H23NO4S. The number of hydrogen-bond acceptors (Lipinski definition) is 5. The Hall–Kier alpha value is -3.38. The number of para-hydroxylation sites is 2. The number of benzene rings is 2. The van der Waals surface area contributed by atoms with E-state index in [4.69, 9.17) is 9.47 Å². The van der Waals surface area contributed by atoms with Crippen LogP contribution in [0.15, 0.2) is 66.0 Å². The number of anilines is 1. The van der Waals surface area contributed by atoms with Gasteiger partial charge in [0.25, 0.3) is 5.91 Å². The number of carbonyl (C=O) groups is 2. The lowest BCUT2D eigenvalue weighted by Crippen LogP contribution is -2.21. The van der Waals surface area contributed by atoms with Crippen LogP contribution in [-0.4, -0.2) is 25.1 Å². The van der Waals surface area contributed by atoms with Crippen molar-refractivity contribution in [3.63, 3.8) is 0 Å². The van der Waals surface area contributed by atoms with Crippen LogP contribution in [0.3, 0.4) is 0 Å². The first-order valence-electron chi connectivity index (χ1n) is 9.58. The maximum Gasteiger partial charge on any atom is 0.340 e. The summed E-state index contributed by atoms with van der Waals surface area (Å²) in [5.74, 6) is -0.415. The summed E-state index contributed by atoms with van der Waals surface area (Å²) in [5, 5.41) is 4.62. The Labute approximate surface area is 180 Å². The first kappa shape index (κ1) is 21.3. The van der Waals surface area contributed by atoms with E-state index in [2.05, 4.69) is 5.32 Å². The average Bonchev–Trinajstić information content (AvgIpc) is 3.26. The van der Waals surface area contributed by atoms with Gasteiger partial charge < -0.3 is 14.8 Å². The molecule has 1 heterocycles. The third-order valence-corrected chi connectivity index (χ3v) is 5.06. The summed E-state index contributed by atoms with van der Waals surface area (Å²) in [4.78, 5) is 25.9. The Kier molecular flexibility index (Phi) is 7.40. The van der Waals surface area contributed by atoms with Crippen LogP contribution in [-0.2, 0) is 14.3 Å². The van der Waals surface area contributed by atoms with Crippen molar-refractivity contribution in [2.45, 2.75) is 13.8 Å². The van der Waals surface area contributed by atoms with Crippen molar-refractivity contribution in [2.75, 3.05) is 18.5 Å². The van der Waals surface area contributed by atoms with E-state index >= 15 is 0 Å². The average molecular weight is 422 g/mol. The van der Waals surface area contributed by atoms with Crippen LogP contribution in [0.25, 0.3) is 11.6 Å². The molecule has 0 aliphatic carbocycles. The van der Waals surface area contributed by atoms with E-state index in [-0.39, 0.29) is 0 Å². The molecule has 1 aromatic heterocycles. The molecule has 0 fully saturated rings. The van der Waals surface area contributed by atoms with Gasteiger partial charge in [0.1, 0.15) is 5.75 Å². The van der Waals surface area contributed by atoms with Gasteiger partial charge in [0, 0.05) is 4.88 Å². The standard InChI is InChI=1S/C24H23NO4S/c1-3-28-21-11-5-4-10-20(21)25-23(26)16-29-24(27)19(22-12-7-13-30-22)15-18-9-6-8-17(2)14-18/h4-15H,3,16H2,1-2H3,(H,25,26)/b19-15+. The van der Waals surface area contributed by atoms with Crippen LogP contribution in [0.1, 0.15) is 22.9 Å². The van der Waals surface area contributed by atoms with E-state index < -0.39 is 18.5 Å². The summed E-state index contributed by atoms with van der Waals surface area (Å²) in [6, 6.07) is 18.7. The third kappa shape index (κ3) is 5.81. The first-order chi connectivity index (χ1) is 14.6. The fourth-order valence-corrected chi connectivity index (χ4v) is 3.57. The maximum atomic E-state index is 12.8. The zero-order valence-corrected chi connectivity index (χ0v) is 17.7. The predicted molar refractivity (Wildman–Crippen MR) is 121 cm³/mol. The molecule has 0 saturated heterocycles. The molecular weight excluding hydrogens is 398 g/mol. The number of aryl methyl sites for hydroxylation is 1. The second-order valence-corrected chi connectivity index (χ2v) is 7.45. The highest BCUT2D eigenvalue weighted by Gasteiger charge is 2.17. The zero-order valence-electron chi connectivity index (χ0n) is 16.9. The number of hydrogen-bond donors (Lipinski definition) is 1. The molecule has 0 atom stereocenters. The fraction of sp³-hybridized carbons (Fsp3) is 0.167. The van der Waals surface area contributed by atoms with Gasteiger partial charge >= 0.3 is 5.97 Å². The van der Waals surface area contributed by atoms with Gasteiger partial charge in [-0.2, -0.15) is 0 Å². The van der Waals surface area contributed by atoms with Crippen LogP contribution >= 0.6 is 11.3 Å². The summed E-state index contributed by atoms with van der Waals surface area (Å²) < 4.78 is 10.8. The molecule has 5 nitrogen and oxygen atoms in total. The molecule has 0 radical (unpaired) electrons. The van der Waals surface area contributed by atoms with Crippen LogP contribution in [0.4, 0.5) is 5.69 Å². The molecule has 0 unspecified atom stereocenters. The molecule has 0 aliphatic heterocycles. The molecule has 0 saturated carbocycles. The lowest BCUT2D eigenvalue weighted by atomic mass is 10.1. The number of rotatable bonds is 8. The van der Waals surface area contributed by atoms with Crippen LogP contribution in [0, 0.1) is 6.92 Å². The van der Waals surface area contributed by atoms with E-state index in [9.17, 15) is 9.59 Å². The smallest absolute Gasteiger partial charge is 0.340 e. The summed E-state index contributed by atoms with van der Waals surface area (Å²) in [5.41, 5.74) is 2.94. The van der Waals surface area contributed by atoms with Crippen molar-refractivity contribution in [1.29, 1.82) is 0 Å². The molecule has 2 aromatic carbocycles. The highest BCUT2D eigenvalue weighted by atomic mass is 32.1. The quantitative estimate of drug-likeness (QED) is 0.402. The molecule has 1 amide bonds. The van der Waals surface area contributed by atoms with E-state index in [1.165, 1.54) is 11.3 Å². The molecule has 6 heteroatoms. The Morgan fingerprint density at radius 3 is 2.63 bits per heavy atom. The second-order valence-electron chi connectivity index (χ2n) is 6.50. The third-order valence-electron chi connectivity index (χ3n) is 4.16. The molecule has 1 N–H and O–H groups in total. The highest BCUT2D eigenvalue weighted by molar-refractivity contribution is 7.11. The van der Waals surface area contributed by atoms with Crippen LogP contribution in [0.2, 0.25) is 0 Å². The van der Waals surface area contributed by atoms with Crippen LogP contribution < -0.4 is 10.1 Å². The van der Waals surface area contributed by atoms with Crippen LogP contribution in [0.5, 0.6) is 5.75 Å². The number of nitrogens with one attached hydrogen (secondary N) is 1. The Bertz CT molecular complexity index is 1040. The normalized spacial score (nSPS) is 11.1. The minimum absolute atomic E-state index is 0.393. The van der Waals surface area contributed by atoms with Crippen molar-refractivity contribution in [3.05, 3.63) is 82.0 Å². The van der Waals surface area contributed by atoms with Gasteiger partial charge in [0.15, 0.2) is 6.61 Å². The molecule has 154 valence electrons.